The normalized spacial score (nSPS) is 16.7. The molecule has 132 valence electrons. The van der Waals surface area contributed by atoms with Gasteiger partial charge in [0.05, 0.1) is 14.2 Å². The van der Waals surface area contributed by atoms with Gasteiger partial charge in [0.1, 0.15) is 11.5 Å². The van der Waals surface area contributed by atoms with Gasteiger partial charge < -0.3 is 14.8 Å². The number of hydrogen-bond acceptors (Lipinski definition) is 3. The first kappa shape index (κ1) is 18.4. The van der Waals surface area contributed by atoms with Crippen molar-refractivity contribution in [3.63, 3.8) is 0 Å². The number of hydrogen-bond donors (Lipinski definition) is 1. The summed E-state index contributed by atoms with van der Waals surface area (Å²) in [6.45, 7) is 6.31. The van der Waals surface area contributed by atoms with E-state index in [4.69, 9.17) is 9.47 Å². The van der Waals surface area contributed by atoms with Crippen molar-refractivity contribution in [2.75, 3.05) is 19.5 Å². The van der Waals surface area contributed by atoms with Crippen LogP contribution in [0, 0.1) is 12.0 Å². The van der Waals surface area contributed by atoms with Gasteiger partial charge in [0, 0.05) is 44.7 Å². The summed E-state index contributed by atoms with van der Waals surface area (Å²) < 4.78 is 10.7. The zero-order valence-corrected chi connectivity index (χ0v) is 15.7. The molecule has 2 rings (SSSR count). The predicted molar refractivity (Wildman–Crippen MR) is 101 cm³/mol. The average molecular weight is 331 g/mol. The maximum absolute atomic E-state index is 5.37. The van der Waals surface area contributed by atoms with Crippen molar-refractivity contribution in [3.05, 3.63) is 23.0 Å². The number of nitrogens with zero attached hydrogens (tertiary/aromatic N) is 1. The number of ether oxygens (including phenoxy) is 2. The second-order valence-corrected chi connectivity index (χ2v) is 7.53. The molecule has 24 heavy (non-hydrogen) atoms. The second kappa shape index (κ2) is 8.28. The topological polar surface area (TPSA) is 34.8 Å². The lowest BCUT2D eigenvalue weighted by Gasteiger charge is -2.25. The third-order valence-corrected chi connectivity index (χ3v) is 4.33. The van der Waals surface area contributed by atoms with E-state index in [9.17, 15) is 0 Å². The number of benzene rings is 1. The van der Waals surface area contributed by atoms with Crippen LogP contribution >= 0.6 is 0 Å². The molecule has 1 N–H and O–H groups in total. The molecule has 1 aromatic carbocycles. The van der Waals surface area contributed by atoms with Crippen LogP contribution in [0.4, 0.5) is 5.69 Å². The van der Waals surface area contributed by atoms with Crippen molar-refractivity contribution in [3.8, 4) is 17.6 Å². The minimum Gasteiger partial charge on any atom is -0.497 e. The van der Waals surface area contributed by atoms with Gasteiger partial charge >= 0.3 is 0 Å². The summed E-state index contributed by atoms with van der Waals surface area (Å²) in [4.78, 5) is 4.64. The molecule has 4 heteroatoms. The van der Waals surface area contributed by atoms with E-state index >= 15 is 0 Å². The summed E-state index contributed by atoms with van der Waals surface area (Å²) in [7, 11) is 3.34. The van der Waals surface area contributed by atoms with E-state index < -0.39 is 0 Å². The van der Waals surface area contributed by atoms with Crippen molar-refractivity contribution in [1.29, 1.82) is 0 Å². The van der Waals surface area contributed by atoms with Gasteiger partial charge in [-0.15, -0.1) is 0 Å². The van der Waals surface area contributed by atoms with E-state index in [1.165, 1.54) is 32.1 Å². The Labute approximate surface area is 146 Å². The first-order chi connectivity index (χ1) is 11.4. The molecule has 0 aliphatic heterocycles. The highest BCUT2D eigenvalue weighted by Crippen LogP contribution is 2.31. The number of nitrogens with one attached hydrogen (secondary N) is 1. The van der Waals surface area contributed by atoms with Gasteiger partial charge in [-0.2, -0.15) is 0 Å². The maximum atomic E-state index is 5.37. The quantitative estimate of drug-likeness (QED) is 0.806. The lowest BCUT2D eigenvalue weighted by atomic mass is 9.84. The molecule has 0 spiro atoms. The fourth-order valence-corrected chi connectivity index (χ4v) is 3.06. The molecule has 1 unspecified atom stereocenters. The van der Waals surface area contributed by atoms with Gasteiger partial charge in [0.15, 0.2) is 6.04 Å². The minimum atomic E-state index is -0.110. The fraction of sp³-hybridized carbons (Fsp3) is 0.650. The lowest BCUT2D eigenvalue weighted by molar-refractivity contribution is 0.346. The summed E-state index contributed by atoms with van der Waals surface area (Å²) in [6, 6.07) is 9.37. The van der Waals surface area contributed by atoms with Crippen LogP contribution in [0.5, 0.6) is 11.5 Å². The van der Waals surface area contributed by atoms with Crippen molar-refractivity contribution in [2.24, 2.45) is 5.92 Å². The molecule has 1 atom stereocenters. The first-order valence-electron chi connectivity index (χ1n) is 8.88. The Kier molecular flexibility index (Phi) is 6.36. The molecule has 0 heterocycles. The van der Waals surface area contributed by atoms with E-state index in [2.05, 4.69) is 37.0 Å². The van der Waals surface area contributed by atoms with Crippen LogP contribution in [0.25, 0.3) is 4.85 Å². The van der Waals surface area contributed by atoms with E-state index in [0.717, 1.165) is 17.2 Å². The third-order valence-electron chi connectivity index (χ3n) is 4.33. The van der Waals surface area contributed by atoms with E-state index in [0.29, 0.717) is 5.92 Å². The number of rotatable bonds is 5. The molecule has 1 aliphatic rings. The SMILES string of the molecule is COc1cc(NC(C#[N+]C(C)(C)C)C2CCCCC2)cc(OC)c1. The summed E-state index contributed by atoms with van der Waals surface area (Å²) in [5, 5.41) is 3.61. The average Bonchev–Trinajstić information content (AvgIpc) is 2.58. The second-order valence-electron chi connectivity index (χ2n) is 7.53. The lowest BCUT2D eigenvalue weighted by Crippen LogP contribution is -2.29. The van der Waals surface area contributed by atoms with Gasteiger partial charge in [0.25, 0.3) is 11.6 Å². The van der Waals surface area contributed by atoms with Gasteiger partial charge in [-0.25, -0.2) is 0 Å². The highest BCUT2D eigenvalue weighted by Gasteiger charge is 2.28. The molecule has 0 aromatic heterocycles. The van der Waals surface area contributed by atoms with Crippen LogP contribution in [0.3, 0.4) is 0 Å². The number of methoxy groups -OCH3 is 2. The Balaban J connectivity index is 2.24. The zero-order valence-electron chi connectivity index (χ0n) is 15.7. The highest BCUT2D eigenvalue weighted by molar-refractivity contribution is 5.55. The van der Waals surface area contributed by atoms with E-state index in [-0.39, 0.29) is 11.6 Å². The maximum Gasteiger partial charge on any atom is 0.298 e. The Morgan fingerprint density at radius 3 is 2.12 bits per heavy atom. The summed E-state index contributed by atoms with van der Waals surface area (Å²) >= 11 is 0. The Morgan fingerprint density at radius 2 is 1.62 bits per heavy atom. The van der Waals surface area contributed by atoms with E-state index in [1.807, 2.05) is 18.2 Å². The third kappa shape index (κ3) is 5.63. The monoisotopic (exact) mass is 331 g/mol. The van der Waals surface area contributed by atoms with Crippen LogP contribution in [0.2, 0.25) is 0 Å². The first-order valence-corrected chi connectivity index (χ1v) is 8.88. The van der Waals surface area contributed by atoms with Crippen molar-refractivity contribution in [1.82, 2.24) is 0 Å². The molecule has 4 nitrogen and oxygen atoms in total. The number of anilines is 1. The molecule has 1 aliphatic carbocycles. The van der Waals surface area contributed by atoms with Gasteiger partial charge in [-0.05, 0) is 18.8 Å². The van der Waals surface area contributed by atoms with Gasteiger partial charge in [0.2, 0.25) is 0 Å². The molecular weight excluding hydrogens is 300 g/mol. The van der Waals surface area contributed by atoms with Crippen molar-refractivity contribution >= 4 is 5.69 Å². The minimum absolute atomic E-state index is 0.110. The molecule has 0 bridgehead atoms. The highest BCUT2D eigenvalue weighted by atomic mass is 16.5. The zero-order chi connectivity index (χ0) is 17.6. The van der Waals surface area contributed by atoms with Crippen LogP contribution in [-0.4, -0.2) is 25.8 Å². The van der Waals surface area contributed by atoms with Gasteiger partial charge in [-0.1, -0.05) is 24.1 Å². The summed E-state index contributed by atoms with van der Waals surface area (Å²) in [6.07, 6.45) is 6.38. The summed E-state index contributed by atoms with van der Waals surface area (Å²) in [5.41, 5.74) is 0.874. The van der Waals surface area contributed by atoms with Crippen molar-refractivity contribution in [2.45, 2.75) is 64.5 Å². The molecule has 0 amide bonds. The summed E-state index contributed by atoms with van der Waals surface area (Å²) in [5.74, 6) is 2.14. The smallest absolute Gasteiger partial charge is 0.298 e. The molecular formula is C20H31N2O2+. The predicted octanol–water partition coefficient (Wildman–Crippen LogP) is 5.20. The van der Waals surface area contributed by atoms with Crippen LogP contribution in [0.1, 0.15) is 52.9 Å². The van der Waals surface area contributed by atoms with Crippen molar-refractivity contribution < 1.29 is 9.47 Å². The Hall–Kier alpha value is -1.89. The van der Waals surface area contributed by atoms with Crippen LogP contribution < -0.4 is 14.8 Å². The molecule has 0 radical (unpaired) electrons. The molecule has 1 aromatic rings. The largest absolute Gasteiger partial charge is 0.497 e. The Morgan fingerprint density at radius 1 is 1.04 bits per heavy atom. The Bertz CT molecular complexity index is 568. The van der Waals surface area contributed by atoms with Crippen LogP contribution in [-0.2, 0) is 0 Å². The van der Waals surface area contributed by atoms with Gasteiger partial charge in [-0.3, -0.25) is 0 Å². The fourth-order valence-electron chi connectivity index (χ4n) is 3.06. The molecule has 0 saturated heterocycles. The standard InChI is InChI=1S/C20H31N2O2/c1-20(2,3)21-14-19(15-9-7-6-8-10-15)22-16-11-17(23-4)13-18(12-16)24-5/h11-13,15,19,22H,6-10H2,1-5H3/q+1. The van der Waals surface area contributed by atoms with Crippen LogP contribution in [0.15, 0.2) is 18.2 Å². The van der Waals surface area contributed by atoms with E-state index in [1.54, 1.807) is 14.2 Å². The molecule has 1 saturated carbocycles. The molecule has 1 fully saturated rings.